The van der Waals surface area contributed by atoms with Crippen molar-refractivity contribution in [2.24, 2.45) is 0 Å². The molecule has 2 aromatic rings. The molecule has 0 spiro atoms. The van der Waals surface area contributed by atoms with Crippen LogP contribution in [0.1, 0.15) is 13.8 Å². The molecule has 0 aliphatic carbocycles. The van der Waals surface area contributed by atoms with Crippen LogP contribution in [0, 0.1) is 4.77 Å². The molecule has 1 saturated heterocycles. The van der Waals surface area contributed by atoms with E-state index < -0.39 is 0 Å². The Hall–Kier alpha value is -1.45. The molecule has 1 aromatic heterocycles. The number of aromatic amines is 1. The van der Waals surface area contributed by atoms with Gasteiger partial charge in [0.05, 0.1) is 18.2 Å². The monoisotopic (exact) mass is 442 g/mol. The van der Waals surface area contributed by atoms with Gasteiger partial charge in [-0.2, -0.15) is 4.98 Å². The van der Waals surface area contributed by atoms with Crippen molar-refractivity contribution in [3.05, 3.63) is 33.0 Å². The Labute approximate surface area is 179 Å². The second-order valence-electron chi connectivity index (χ2n) is 7.16. The quantitative estimate of drug-likeness (QED) is 0.672. The topological polar surface area (TPSA) is 69.2 Å². The molecule has 152 valence electrons. The van der Waals surface area contributed by atoms with E-state index in [2.05, 4.69) is 25.2 Å². The Morgan fingerprint density at radius 1 is 1.25 bits per heavy atom. The van der Waals surface area contributed by atoms with Crippen LogP contribution >= 0.6 is 35.4 Å². The van der Waals surface area contributed by atoms with Gasteiger partial charge in [-0.1, -0.05) is 23.2 Å². The number of amides is 1. The smallest absolute Gasteiger partial charge is 0.234 e. The van der Waals surface area contributed by atoms with E-state index in [4.69, 9.17) is 35.4 Å². The van der Waals surface area contributed by atoms with Crippen molar-refractivity contribution in [1.29, 1.82) is 0 Å². The van der Waals surface area contributed by atoms with Crippen molar-refractivity contribution in [2.75, 3.05) is 32.7 Å². The Morgan fingerprint density at radius 2 is 1.93 bits per heavy atom. The average Bonchev–Trinajstić information content (AvgIpc) is 2.98. The van der Waals surface area contributed by atoms with E-state index in [1.807, 2.05) is 18.5 Å². The van der Waals surface area contributed by atoms with Gasteiger partial charge in [-0.05, 0) is 44.3 Å². The molecule has 28 heavy (non-hydrogen) atoms. The summed E-state index contributed by atoms with van der Waals surface area (Å²) >= 11 is 17.7. The zero-order valence-electron chi connectivity index (χ0n) is 15.9. The number of rotatable bonds is 6. The van der Waals surface area contributed by atoms with Gasteiger partial charge in [0.15, 0.2) is 5.82 Å². The number of hydrogen-bond donors (Lipinski definition) is 2. The van der Waals surface area contributed by atoms with Crippen LogP contribution < -0.4 is 5.32 Å². The maximum absolute atomic E-state index is 11.9. The number of halogens is 2. The number of carbonyl (C=O) groups excluding carboxylic acids is 1. The van der Waals surface area contributed by atoms with Crippen LogP contribution in [0.3, 0.4) is 0 Å². The molecule has 1 aliphatic rings. The molecule has 10 heteroatoms. The van der Waals surface area contributed by atoms with Gasteiger partial charge in [0.2, 0.25) is 10.7 Å². The molecule has 1 fully saturated rings. The third kappa shape index (κ3) is 5.55. The van der Waals surface area contributed by atoms with Gasteiger partial charge in [-0.15, -0.1) is 0 Å². The summed E-state index contributed by atoms with van der Waals surface area (Å²) in [4.78, 5) is 20.8. The number of nitrogens with zero attached hydrogens (tertiary/aromatic N) is 4. The first-order valence-electron chi connectivity index (χ1n) is 9.18. The third-order valence-electron chi connectivity index (χ3n) is 4.49. The summed E-state index contributed by atoms with van der Waals surface area (Å²) in [5.74, 6) is 0.670. The van der Waals surface area contributed by atoms with Gasteiger partial charge in [0.1, 0.15) is 0 Å². The third-order valence-corrected chi connectivity index (χ3v) is 5.36. The number of aromatic nitrogens is 3. The fraction of sp³-hybridized carbons (Fsp3) is 0.500. The summed E-state index contributed by atoms with van der Waals surface area (Å²) in [6.07, 6.45) is 0. The van der Waals surface area contributed by atoms with Crippen LogP contribution in [0.4, 0.5) is 0 Å². The molecular weight excluding hydrogens is 419 g/mol. The maximum atomic E-state index is 11.9. The van der Waals surface area contributed by atoms with E-state index in [0.717, 1.165) is 31.7 Å². The standard InChI is InChI=1S/C18H24Cl2N6OS/c1-12(2)21-16(27)10-24-5-7-25(8-6-24)11-26-18(28)22-17(23-26)14-9-13(19)3-4-15(14)20/h3-4,9,12H,5-8,10-11H2,1-2H3,(H,21,27)(H,22,23,28). The summed E-state index contributed by atoms with van der Waals surface area (Å²) in [5.41, 5.74) is 0.722. The van der Waals surface area contributed by atoms with E-state index in [0.29, 0.717) is 33.9 Å². The highest BCUT2D eigenvalue weighted by molar-refractivity contribution is 7.71. The molecule has 0 bridgehead atoms. The minimum absolute atomic E-state index is 0.0716. The van der Waals surface area contributed by atoms with E-state index in [-0.39, 0.29) is 11.9 Å². The van der Waals surface area contributed by atoms with Gasteiger partial charge in [0, 0.05) is 42.8 Å². The molecule has 0 radical (unpaired) electrons. The van der Waals surface area contributed by atoms with Crippen molar-refractivity contribution < 1.29 is 4.79 Å². The minimum atomic E-state index is 0.0716. The number of benzene rings is 1. The summed E-state index contributed by atoms with van der Waals surface area (Å²) < 4.78 is 2.29. The lowest BCUT2D eigenvalue weighted by molar-refractivity contribution is -0.123. The Morgan fingerprint density at radius 3 is 2.61 bits per heavy atom. The Bertz CT molecular complexity index is 888. The van der Waals surface area contributed by atoms with Crippen molar-refractivity contribution in [1.82, 2.24) is 29.9 Å². The maximum Gasteiger partial charge on any atom is 0.234 e. The normalized spacial score (nSPS) is 15.9. The zero-order chi connectivity index (χ0) is 20.3. The van der Waals surface area contributed by atoms with Crippen molar-refractivity contribution >= 4 is 41.3 Å². The van der Waals surface area contributed by atoms with E-state index in [1.165, 1.54) is 0 Å². The van der Waals surface area contributed by atoms with Crippen molar-refractivity contribution in [2.45, 2.75) is 26.6 Å². The Balaban J connectivity index is 1.59. The number of hydrogen-bond acceptors (Lipinski definition) is 5. The summed E-state index contributed by atoms with van der Waals surface area (Å²) in [7, 11) is 0. The largest absolute Gasteiger partial charge is 0.353 e. The lowest BCUT2D eigenvalue weighted by atomic mass is 10.2. The van der Waals surface area contributed by atoms with Crippen LogP contribution in [-0.2, 0) is 11.5 Å². The lowest BCUT2D eigenvalue weighted by Crippen LogP contribution is -2.50. The highest BCUT2D eigenvalue weighted by atomic mass is 35.5. The zero-order valence-corrected chi connectivity index (χ0v) is 18.2. The first kappa shape index (κ1) is 21.3. The second-order valence-corrected chi connectivity index (χ2v) is 8.37. The predicted octanol–water partition coefficient (Wildman–Crippen LogP) is 3.01. The van der Waals surface area contributed by atoms with Gasteiger partial charge in [-0.3, -0.25) is 19.7 Å². The van der Waals surface area contributed by atoms with E-state index >= 15 is 0 Å². The summed E-state index contributed by atoms with van der Waals surface area (Å²) in [6.45, 7) is 8.35. The minimum Gasteiger partial charge on any atom is -0.353 e. The van der Waals surface area contributed by atoms with E-state index in [1.54, 1.807) is 18.2 Å². The van der Waals surface area contributed by atoms with Crippen LogP contribution in [-0.4, -0.2) is 69.2 Å². The van der Waals surface area contributed by atoms with Crippen LogP contribution in [0.2, 0.25) is 10.0 Å². The van der Waals surface area contributed by atoms with Gasteiger partial charge < -0.3 is 5.32 Å². The predicted molar refractivity (Wildman–Crippen MR) is 114 cm³/mol. The van der Waals surface area contributed by atoms with Gasteiger partial charge in [0.25, 0.3) is 0 Å². The molecule has 3 rings (SSSR count). The lowest BCUT2D eigenvalue weighted by Gasteiger charge is -2.34. The molecule has 0 saturated carbocycles. The average molecular weight is 443 g/mol. The van der Waals surface area contributed by atoms with Crippen LogP contribution in [0.25, 0.3) is 11.4 Å². The van der Waals surface area contributed by atoms with Gasteiger partial charge in [-0.25, -0.2) is 4.68 Å². The molecule has 7 nitrogen and oxygen atoms in total. The van der Waals surface area contributed by atoms with Crippen LogP contribution in [0.15, 0.2) is 18.2 Å². The SMILES string of the molecule is CC(C)NC(=O)CN1CCN(Cn2[nH]c(-c3cc(Cl)ccc3Cl)nc2=S)CC1. The van der Waals surface area contributed by atoms with Crippen LogP contribution in [0.5, 0.6) is 0 Å². The highest BCUT2D eigenvalue weighted by Gasteiger charge is 2.20. The first-order chi connectivity index (χ1) is 13.3. The summed E-state index contributed by atoms with van der Waals surface area (Å²) in [6, 6.07) is 5.41. The Kier molecular flexibility index (Phi) is 7.11. The number of nitrogens with one attached hydrogen (secondary N) is 2. The second kappa shape index (κ2) is 9.37. The molecule has 2 heterocycles. The van der Waals surface area contributed by atoms with Crippen molar-refractivity contribution in [3.8, 4) is 11.4 Å². The highest BCUT2D eigenvalue weighted by Crippen LogP contribution is 2.28. The number of carbonyl (C=O) groups is 1. The number of H-pyrrole nitrogens is 1. The fourth-order valence-corrected chi connectivity index (χ4v) is 3.69. The molecule has 1 aliphatic heterocycles. The molecule has 1 amide bonds. The summed E-state index contributed by atoms with van der Waals surface area (Å²) in [5, 5.41) is 7.30. The number of piperazine rings is 1. The van der Waals surface area contributed by atoms with Gasteiger partial charge >= 0.3 is 0 Å². The molecule has 0 atom stereocenters. The molecule has 2 N–H and O–H groups in total. The fourth-order valence-electron chi connectivity index (χ4n) is 3.11. The van der Waals surface area contributed by atoms with Crippen molar-refractivity contribution in [3.63, 3.8) is 0 Å². The first-order valence-corrected chi connectivity index (χ1v) is 10.3. The van der Waals surface area contributed by atoms with E-state index in [9.17, 15) is 4.79 Å². The molecule has 1 aromatic carbocycles. The molecular formula is C18H24Cl2N6OS. The molecule has 0 unspecified atom stereocenters.